The number of carbonyl (C=O) groups excluding carboxylic acids is 2. The minimum atomic E-state index is -0.244. The number of hydrogen-bond acceptors (Lipinski definition) is 4. The molecule has 0 radical (unpaired) electrons. The molecule has 0 unspecified atom stereocenters. The zero-order valence-electron chi connectivity index (χ0n) is 16.1. The lowest BCUT2D eigenvalue weighted by molar-refractivity contribution is 0.102. The van der Waals surface area contributed by atoms with Crippen molar-refractivity contribution < 1.29 is 14.7 Å². The number of anilines is 2. The Morgan fingerprint density at radius 3 is 2.45 bits per heavy atom. The Hall–Kier alpha value is -3.12. The molecular weight excluding hydrogens is 384 g/mol. The molecule has 29 heavy (non-hydrogen) atoms. The van der Waals surface area contributed by atoms with E-state index in [1.165, 1.54) is 28.3 Å². The van der Waals surface area contributed by atoms with Crippen LogP contribution >= 0.6 is 11.3 Å². The minimum absolute atomic E-state index is 0.140. The second-order valence-corrected chi connectivity index (χ2v) is 8.48. The molecule has 1 aliphatic rings. The van der Waals surface area contributed by atoms with E-state index in [1.807, 2.05) is 18.2 Å². The maximum Gasteiger partial charge on any atom is 0.258 e. The maximum atomic E-state index is 13.1. The van der Waals surface area contributed by atoms with Gasteiger partial charge in [0.05, 0.1) is 5.56 Å². The van der Waals surface area contributed by atoms with E-state index in [-0.39, 0.29) is 17.6 Å². The van der Waals surface area contributed by atoms with Gasteiger partial charge in [0.2, 0.25) is 0 Å². The maximum absolute atomic E-state index is 13.1. The highest BCUT2D eigenvalue weighted by Gasteiger charge is 2.28. The van der Waals surface area contributed by atoms with Crippen LogP contribution in [0.15, 0.2) is 54.6 Å². The molecule has 3 aromatic rings. The predicted octanol–water partition coefficient (Wildman–Crippen LogP) is 5.08. The predicted molar refractivity (Wildman–Crippen MR) is 116 cm³/mol. The zero-order valence-corrected chi connectivity index (χ0v) is 16.9. The third kappa shape index (κ3) is 4.17. The van der Waals surface area contributed by atoms with Gasteiger partial charge in [-0.25, -0.2) is 0 Å². The lowest BCUT2D eigenvalue weighted by Gasteiger charge is -2.18. The summed E-state index contributed by atoms with van der Waals surface area (Å²) < 4.78 is 0. The van der Waals surface area contributed by atoms with Gasteiger partial charge in [0.1, 0.15) is 10.8 Å². The van der Waals surface area contributed by atoms with Gasteiger partial charge in [-0.05, 0) is 67.1 Å². The second kappa shape index (κ2) is 8.09. The number of rotatable bonds is 4. The molecule has 148 valence electrons. The number of thiophene rings is 1. The highest BCUT2D eigenvalue weighted by atomic mass is 32.1. The van der Waals surface area contributed by atoms with Crippen molar-refractivity contribution in [2.24, 2.45) is 5.92 Å². The molecule has 0 aliphatic heterocycles. The molecule has 0 saturated carbocycles. The summed E-state index contributed by atoms with van der Waals surface area (Å²) in [7, 11) is 0. The van der Waals surface area contributed by atoms with Gasteiger partial charge in [0, 0.05) is 16.1 Å². The Balaban J connectivity index is 1.66. The second-order valence-electron chi connectivity index (χ2n) is 7.38. The fraction of sp³-hybridized carbons (Fsp3) is 0.217. The molecule has 0 bridgehead atoms. The van der Waals surface area contributed by atoms with Crippen molar-refractivity contribution in [2.45, 2.75) is 26.2 Å². The summed E-state index contributed by atoms with van der Waals surface area (Å²) in [4.78, 5) is 27.0. The van der Waals surface area contributed by atoms with Gasteiger partial charge in [-0.15, -0.1) is 11.3 Å². The van der Waals surface area contributed by atoms with Gasteiger partial charge in [-0.3, -0.25) is 9.59 Å². The molecule has 1 aliphatic carbocycles. The van der Waals surface area contributed by atoms with Crippen molar-refractivity contribution in [3.8, 4) is 5.75 Å². The van der Waals surface area contributed by atoms with Gasteiger partial charge >= 0.3 is 0 Å². The Morgan fingerprint density at radius 1 is 1.00 bits per heavy atom. The van der Waals surface area contributed by atoms with Crippen molar-refractivity contribution in [3.63, 3.8) is 0 Å². The van der Waals surface area contributed by atoms with Gasteiger partial charge in [-0.2, -0.15) is 0 Å². The SMILES string of the molecule is C[C@@H]1CCc2c(sc(NC(=O)c3ccccc3)c2C(=O)Nc2ccc(O)cc2)C1. The Labute approximate surface area is 173 Å². The van der Waals surface area contributed by atoms with Crippen LogP contribution in [0.2, 0.25) is 0 Å². The quantitative estimate of drug-likeness (QED) is 0.529. The van der Waals surface area contributed by atoms with Crippen LogP contribution in [0.4, 0.5) is 10.7 Å². The Morgan fingerprint density at radius 2 is 1.72 bits per heavy atom. The van der Waals surface area contributed by atoms with Crippen molar-refractivity contribution in [3.05, 3.63) is 76.2 Å². The van der Waals surface area contributed by atoms with Gasteiger partial charge in [-0.1, -0.05) is 25.1 Å². The standard InChI is InChI=1S/C23H22N2O3S/c1-14-7-12-18-19(13-14)29-23(25-21(27)15-5-3-2-4-6-15)20(18)22(28)24-16-8-10-17(26)11-9-16/h2-6,8-11,14,26H,7,12-13H2,1H3,(H,24,28)(H,25,27)/t14-/m1/s1. The lowest BCUT2D eigenvalue weighted by Crippen LogP contribution is -2.19. The average molecular weight is 407 g/mol. The van der Waals surface area contributed by atoms with Crippen molar-refractivity contribution in [1.29, 1.82) is 0 Å². The summed E-state index contributed by atoms with van der Waals surface area (Å²) >= 11 is 1.50. The first-order chi connectivity index (χ1) is 14.0. The Kier molecular flexibility index (Phi) is 5.36. The lowest BCUT2D eigenvalue weighted by atomic mass is 9.88. The first-order valence-corrected chi connectivity index (χ1v) is 10.4. The van der Waals surface area contributed by atoms with E-state index in [1.54, 1.807) is 24.3 Å². The summed E-state index contributed by atoms with van der Waals surface area (Å²) in [6, 6.07) is 15.3. The molecule has 4 rings (SSSR count). The number of nitrogens with one attached hydrogen (secondary N) is 2. The van der Waals surface area contributed by atoms with Crippen molar-refractivity contribution in [2.75, 3.05) is 10.6 Å². The van der Waals surface area contributed by atoms with Crippen LogP contribution in [0.1, 0.15) is 44.5 Å². The van der Waals surface area contributed by atoms with Crippen LogP contribution in [0.3, 0.4) is 0 Å². The van der Waals surface area contributed by atoms with Crippen LogP contribution < -0.4 is 10.6 Å². The zero-order chi connectivity index (χ0) is 20.4. The van der Waals surface area contributed by atoms with Gasteiger partial charge < -0.3 is 15.7 Å². The third-order valence-corrected chi connectivity index (χ3v) is 6.30. The number of carbonyl (C=O) groups is 2. The van der Waals surface area contributed by atoms with Gasteiger partial charge in [0.25, 0.3) is 11.8 Å². The van der Waals surface area contributed by atoms with Crippen molar-refractivity contribution >= 4 is 33.8 Å². The summed E-state index contributed by atoms with van der Waals surface area (Å²) in [5, 5.41) is 15.9. The average Bonchev–Trinajstić information content (AvgIpc) is 3.07. The molecule has 1 aromatic heterocycles. The number of fused-ring (bicyclic) bond motifs is 1. The fourth-order valence-electron chi connectivity index (χ4n) is 3.58. The van der Waals surface area contributed by atoms with Gasteiger partial charge in [0.15, 0.2) is 0 Å². The summed E-state index contributed by atoms with van der Waals surface area (Å²) in [6.45, 7) is 2.21. The summed E-state index contributed by atoms with van der Waals surface area (Å²) in [5.74, 6) is 0.231. The fourth-order valence-corrected chi connectivity index (χ4v) is 4.99. The van der Waals surface area contributed by atoms with E-state index in [2.05, 4.69) is 17.6 Å². The molecule has 0 spiro atoms. The van der Waals surface area contributed by atoms with Crippen LogP contribution in [0, 0.1) is 5.92 Å². The van der Waals surface area contributed by atoms with E-state index in [0.717, 1.165) is 24.8 Å². The highest BCUT2D eigenvalue weighted by molar-refractivity contribution is 7.17. The van der Waals surface area contributed by atoms with E-state index < -0.39 is 0 Å². The van der Waals surface area contributed by atoms with E-state index in [4.69, 9.17) is 0 Å². The van der Waals surface area contributed by atoms with Crippen LogP contribution in [-0.4, -0.2) is 16.9 Å². The smallest absolute Gasteiger partial charge is 0.258 e. The molecule has 0 fully saturated rings. The molecule has 3 N–H and O–H groups in total. The van der Waals surface area contributed by atoms with E-state index in [9.17, 15) is 14.7 Å². The van der Waals surface area contributed by atoms with E-state index in [0.29, 0.717) is 27.7 Å². The molecule has 2 amide bonds. The number of aromatic hydroxyl groups is 1. The summed E-state index contributed by atoms with van der Waals surface area (Å²) in [6.07, 6.45) is 2.77. The first-order valence-electron chi connectivity index (χ1n) is 9.62. The highest BCUT2D eigenvalue weighted by Crippen LogP contribution is 2.40. The van der Waals surface area contributed by atoms with Crippen molar-refractivity contribution in [1.82, 2.24) is 0 Å². The minimum Gasteiger partial charge on any atom is -0.508 e. The molecule has 0 saturated heterocycles. The normalized spacial score (nSPS) is 15.4. The summed E-state index contributed by atoms with van der Waals surface area (Å²) in [5.41, 5.74) is 2.73. The molecule has 6 heteroatoms. The number of amides is 2. The van der Waals surface area contributed by atoms with Crippen LogP contribution in [-0.2, 0) is 12.8 Å². The Bertz CT molecular complexity index is 1040. The molecule has 1 heterocycles. The van der Waals surface area contributed by atoms with Crippen LogP contribution in [0.25, 0.3) is 0 Å². The van der Waals surface area contributed by atoms with Crippen LogP contribution in [0.5, 0.6) is 5.75 Å². The molecule has 2 aromatic carbocycles. The number of phenols is 1. The number of benzene rings is 2. The van der Waals surface area contributed by atoms with E-state index >= 15 is 0 Å². The molecule has 5 nitrogen and oxygen atoms in total. The molecular formula is C23H22N2O3S. The largest absolute Gasteiger partial charge is 0.508 e. The number of phenolic OH excluding ortho intramolecular Hbond substituents is 1. The topological polar surface area (TPSA) is 78.4 Å². The molecule has 1 atom stereocenters. The monoisotopic (exact) mass is 406 g/mol. The third-order valence-electron chi connectivity index (χ3n) is 5.13. The number of hydrogen-bond donors (Lipinski definition) is 3. The first kappa shape index (κ1) is 19.2.